The molecule has 138 valence electrons. The van der Waals surface area contributed by atoms with Crippen molar-refractivity contribution in [3.63, 3.8) is 0 Å². The molecule has 1 saturated heterocycles. The molecule has 1 atom stereocenters. The number of nitrogens with zero attached hydrogens (tertiary/aromatic N) is 1. The minimum atomic E-state index is -3.58. The Morgan fingerprint density at radius 1 is 1.15 bits per heavy atom. The molecule has 2 aromatic carbocycles. The number of carbonyl (C=O) groups excluding carboxylic acids is 1. The highest BCUT2D eigenvalue weighted by atomic mass is 32.2. The van der Waals surface area contributed by atoms with Crippen LogP contribution in [-0.4, -0.2) is 25.2 Å². The van der Waals surface area contributed by atoms with Gasteiger partial charge in [0.1, 0.15) is 0 Å². The number of amides is 1. The first-order valence-corrected chi connectivity index (χ1v) is 10.3. The highest BCUT2D eigenvalue weighted by Gasteiger charge is 2.36. The molecule has 0 spiro atoms. The Bertz CT molecular complexity index is 892. The molecule has 1 aliphatic rings. The third kappa shape index (κ3) is 3.66. The molecule has 0 aromatic heterocycles. The molecule has 2 aromatic rings. The van der Waals surface area contributed by atoms with Crippen molar-refractivity contribution >= 4 is 21.6 Å². The predicted molar refractivity (Wildman–Crippen MR) is 102 cm³/mol. The lowest BCUT2D eigenvalue weighted by Crippen LogP contribution is -2.31. The maximum atomic E-state index is 13.2. The van der Waals surface area contributed by atoms with E-state index in [-0.39, 0.29) is 16.8 Å². The molecular formula is C20H24N2O3S. The Kier molecular flexibility index (Phi) is 5.44. The Hall–Kier alpha value is -2.18. The number of sulfonamides is 1. The largest absolute Gasteiger partial charge is 0.326 e. The van der Waals surface area contributed by atoms with Gasteiger partial charge in [0.15, 0.2) is 0 Å². The molecule has 0 saturated carbocycles. The van der Waals surface area contributed by atoms with E-state index in [0.29, 0.717) is 18.7 Å². The van der Waals surface area contributed by atoms with Gasteiger partial charge < -0.3 is 5.32 Å². The van der Waals surface area contributed by atoms with E-state index >= 15 is 0 Å². The number of nitrogens with one attached hydrogen (secondary N) is 1. The van der Waals surface area contributed by atoms with Crippen LogP contribution in [0.2, 0.25) is 0 Å². The highest BCUT2D eigenvalue weighted by molar-refractivity contribution is 7.89. The topological polar surface area (TPSA) is 66.5 Å². The van der Waals surface area contributed by atoms with Crippen LogP contribution in [0.4, 0.5) is 5.69 Å². The van der Waals surface area contributed by atoms with E-state index in [0.717, 1.165) is 24.0 Å². The third-order valence-electron chi connectivity index (χ3n) is 4.82. The quantitative estimate of drug-likeness (QED) is 0.866. The van der Waals surface area contributed by atoms with Crippen LogP contribution in [0.25, 0.3) is 0 Å². The Labute approximate surface area is 155 Å². The SMILES string of the molecule is CCC(=O)Nc1ccc(S(=O)(=O)N2CCC[C@@H]2c2ccccc2C)cc1. The number of rotatable bonds is 5. The zero-order chi connectivity index (χ0) is 18.7. The first kappa shape index (κ1) is 18.6. The standard InChI is InChI=1S/C20H24N2O3S/c1-3-20(23)21-16-10-12-17(13-11-16)26(24,25)22-14-6-9-19(22)18-8-5-4-7-15(18)2/h4-5,7-8,10-13,19H,3,6,9,14H2,1-2H3,(H,21,23)/t19-/m1/s1. The van der Waals surface area contributed by atoms with Crippen molar-refractivity contribution in [2.45, 2.75) is 44.0 Å². The lowest BCUT2D eigenvalue weighted by molar-refractivity contribution is -0.115. The van der Waals surface area contributed by atoms with Crippen molar-refractivity contribution in [3.8, 4) is 0 Å². The summed E-state index contributed by atoms with van der Waals surface area (Å²) in [4.78, 5) is 11.7. The molecule has 1 N–H and O–H groups in total. The fourth-order valence-corrected chi connectivity index (χ4v) is 5.07. The summed E-state index contributed by atoms with van der Waals surface area (Å²) >= 11 is 0. The van der Waals surface area contributed by atoms with Crippen LogP contribution in [0.1, 0.15) is 43.4 Å². The second kappa shape index (κ2) is 7.60. The first-order valence-electron chi connectivity index (χ1n) is 8.90. The van der Waals surface area contributed by atoms with Crippen molar-refractivity contribution in [1.82, 2.24) is 4.31 Å². The van der Waals surface area contributed by atoms with E-state index in [1.807, 2.05) is 31.2 Å². The molecule has 0 bridgehead atoms. The van der Waals surface area contributed by atoms with E-state index in [1.54, 1.807) is 35.5 Å². The second-order valence-electron chi connectivity index (χ2n) is 6.56. The number of anilines is 1. The highest BCUT2D eigenvalue weighted by Crippen LogP contribution is 2.37. The van der Waals surface area contributed by atoms with Gasteiger partial charge in [0.05, 0.1) is 10.9 Å². The van der Waals surface area contributed by atoms with Crippen molar-refractivity contribution < 1.29 is 13.2 Å². The van der Waals surface area contributed by atoms with Gasteiger partial charge in [-0.3, -0.25) is 4.79 Å². The zero-order valence-electron chi connectivity index (χ0n) is 15.1. The van der Waals surface area contributed by atoms with Gasteiger partial charge in [0.2, 0.25) is 15.9 Å². The fourth-order valence-electron chi connectivity index (χ4n) is 3.39. The summed E-state index contributed by atoms with van der Waals surface area (Å²) in [5.74, 6) is -0.0974. The molecule has 0 aliphatic carbocycles. The molecule has 5 nitrogen and oxygen atoms in total. The summed E-state index contributed by atoms with van der Waals surface area (Å²) in [5.41, 5.74) is 2.78. The second-order valence-corrected chi connectivity index (χ2v) is 8.45. The van der Waals surface area contributed by atoms with Crippen LogP contribution in [0.5, 0.6) is 0 Å². The Balaban J connectivity index is 1.87. The van der Waals surface area contributed by atoms with Crippen molar-refractivity contribution in [2.24, 2.45) is 0 Å². The van der Waals surface area contributed by atoms with Gasteiger partial charge in [-0.15, -0.1) is 0 Å². The molecule has 1 heterocycles. The minimum Gasteiger partial charge on any atom is -0.326 e. The smallest absolute Gasteiger partial charge is 0.243 e. The van der Waals surface area contributed by atoms with Crippen LogP contribution in [-0.2, 0) is 14.8 Å². The maximum Gasteiger partial charge on any atom is 0.243 e. The molecule has 1 aliphatic heterocycles. The van der Waals surface area contributed by atoms with Crippen molar-refractivity contribution in [2.75, 3.05) is 11.9 Å². The maximum absolute atomic E-state index is 13.2. The monoisotopic (exact) mass is 372 g/mol. The van der Waals surface area contributed by atoms with Gasteiger partial charge in [-0.1, -0.05) is 31.2 Å². The van der Waals surface area contributed by atoms with E-state index in [4.69, 9.17) is 0 Å². The number of aryl methyl sites for hydroxylation is 1. The number of carbonyl (C=O) groups is 1. The van der Waals surface area contributed by atoms with Crippen LogP contribution >= 0.6 is 0 Å². The summed E-state index contributed by atoms with van der Waals surface area (Å²) in [7, 11) is -3.58. The van der Waals surface area contributed by atoms with Crippen LogP contribution in [0.15, 0.2) is 53.4 Å². The summed E-state index contributed by atoms with van der Waals surface area (Å²) in [6, 6.07) is 14.2. The van der Waals surface area contributed by atoms with Crippen LogP contribution < -0.4 is 5.32 Å². The summed E-state index contributed by atoms with van der Waals surface area (Å²) in [6.07, 6.45) is 2.06. The van der Waals surface area contributed by atoms with E-state index < -0.39 is 10.0 Å². The summed E-state index contributed by atoms with van der Waals surface area (Å²) < 4.78 is 27.9. The molecule has 0 radical (unpaired) electrons. The Morgan fingerprint density at radius 3 is 2.50 bits per heavy atom. The summed E-state index contributed by atoms with van der Waals surface area (Å²) in [5, 5.41) is 2.73. The van der Waals surface area contributed by atoms with Crippen molar-refractivity contribution in [1.29, 1.82) is 0 Å². The average Bonchev–Trinajstić information content (AvgIpc) is 3.13. The number of hydrogen-bond acceptors (Lipinski definition) is 3. The molecule has 6 heteroatoms. The lowest BCUT2D eigenvalue weighted by Gasteiger charge is -2.25. The van der Waals surface area contributed by atoms with E-state index in [2.05, 4.69) is 5.32 Å². The molecular weight excluding hydrogens is 348 g/mol. The average molecular weight is 372 g/mol. The van der Waals surface area contributed by atoms with Gasteiger partial charge in [-0.2, -0.15) is 4.31 Å². The normalized spacial score (nSPS) is 18.0. The first-order chi connectivity index (χ1) is 12.4. The zero-order valence-corrected chi connectivity index (χ0v) is 15.9. The molecule has 3 rings (SSSR count). The Morgan fingerprint density at radius 2 is 1.85 bits per heavy atom. The third-order valence-corrected chi connectivity index (χ3v) is 6.74. The van der Waals surface area contributed by atoms with E-state index in [9.17, 15) is 13.2 Å². The lowest BCUT2D eigenvalue weighted by atomic mass is 10.0. The number of benzene rings is 2. The fraction of sp³-hybridized carbons (Fsp3) is 0.350. The van der Waals surface area contributed by atoms with Gasteiger partial charge in [-0.05, 0) is 55.2 Å². The molecule has 1 fully saturated rings. The van der Waals surface area contributed by atoms with Gasteiger partial charge >= 0.3 is 0 Å². The number of hydrogen-bond donors (Lipinski definition) is 1. The molecule has 26 heavy (non-hydrogen) atoms. The minimum absolute atomic E-state index is 0.0974. The van der Waals surface area contributed by atoms with Gasteiger partial charge in [0, 0.05) is 18.7 Å². The summed E-state index contributed by atoms with van der Waals surface area (Å²) in [6.45, 7) is 4.31. The molecule has 1 amide bonds. The molecule has 0 unspecified atom stereocenters. The van der Waals surface area contributed by atoms with Crippen LogP contribution in [0, 0.1) is 6.92 Å². The van der Waals surface area contributed by atoms with Crippen LogP contribution in [0.3, 0.4) is 0 Å². The van der Waals surface area contributed by atoms with Gasteiger partial charge in [-0.25, -0.2) is 8.42 Å². The van der Waals surface area contributed by atoms with E-state index in [1.165, 1.54) is 0 Å². The predicted octanol–water partition coefficient (Wildman–Crippen LogP) is 3.87. The van der Waals surface area contributed by atoms with Crippen molar-refractivity contribution in [3.05, 3.63) is 59.7 Å². The van der Waals surface area contributed by atoms with Gasteiger partial charge in [0.25, 0.3) is 0 Å².